The van der Waals surface area contributed by atoms with Gasteiger partial charge >= 0.3 is 0 Å². The van der Waals surface area contributed by atoms with Crippen molar-refractivity contribution in [3.8, 4) is 5.75 Å². The maximum Gasteiger partial charge on any atom is 0.276 e. The van der Waals surface area contributed by atoms with Gasteiger partial charge in [0.15, 0.2) is 0 Å². The zero-order valence-electron chi connectivity index (χ0n) is 10.7. The quantitative estimate of drug-likeness (QED) is 0.680. The van der Waals surface area contributed by atoms with Crippen LogP contribution in [0, 0.1) is 21.7 Å². The van der Waals surface area contributed by atoms with E-state index in [1.807, 2.05) is 0 Å². The highest BCUT2D eigenvalue weighted by Gasteiger charge is 2.15. The Balaban J connectivity index is 2.09. The predicted molar refractivity (Wildman–Crippen MR) is 69.9 cm³/mol. The van der Waals surface area contributed by atoms with Gasteiger partial charge in [0.1, 0.15) is 30.1 Å². The van der Waals surface area contributed by atoms with Gasteiger partial charge in [-0.15, -0.1) is 0 Å². The number of halogens is 2. The van der Waals surface area contributed by atoms with Crippen molar-refractivity contribution in [1.29, 1.82) is 0 Å². The standard InChI is InChI=1S/C14H11F2NO4/c15-9-5-10(17(19)20)7-11(6-9)21-8-14(18)12-3-1-2-4-13(12)16/h1-7,14,18H,8H2. The fourth-order valence-electron chi connectivity index (χ4n) is 1.75. The van der Waals surface area contributed by atoms with Crippen LogP contribution < -0.4 is 4.74 Å². The van der Waals surface area contributed by atoms with E-state index in [2.05, 4.69) is 0 Å². The number of hydrogen-bond donors (Lipinski definition) is 1. The Hall–Kier alpha value is -2.54. The molecule has 0 fully saturated rings. The Morgan fingerprint density at radius 3 is 2.62 bits per heavy atom. The van der Waals surface area contributed by atoms with Crippen LogP contribution >= 0.6 is 0 Å². The topological polar surface area (TPSA) is 72.6 Å². The van der Waals surface area contributed by atoms with Gasteiger partial charge in [0.2, 0.25) is 0 Å². The lowest BCUT2D eigenvalue weighted by Crippen LogP contribution is -2.11. The Morgan fingerprint density at radius 1 is 1.24 bits per heavy atom. The molecular weight excluding hydrogens is 284 g/mol. The molecule has 0 radical (unpaired) electrons. The second kappa shape index (κ2) is 6.27. The normalized spacial score (nSPS) is 12.0. The first kappa shape index (κ1) is 14.9. The van der Waals surface area contributed by atoms with E-state index in [0.717, 1.165) is 18.2 Å². The third-order valence-electron chi connectivity index (χ3n) is 2.74. The van der Waals surface area contributed by atoms with Gasteiger partial charge in [-0.2, -0.15) is 0 Å². The molecule has 1 N–H and O–H groups in total. The van der Waals surface area contributed by atoms with E-state index in [0.29, 0.717) is 0 Å². The van der Waals surface area contributed by atoms with Crippen molar-refractivity contribution in [2.24, 2.45) is 0 Å². The number of aliphatic hydroxyl groups excluding tert-OH is 1. The first-order chi connectivity index (χ1) is 9.97. The van der Waals surface area contributed by atoms with Crippen molar-refractivity contribution in [2.75, 3.05) is 6.61 Å². The summed E-state index contributed by atoms with van der Waals surface area (Å²) in [5.41, 5.74) is -0.436. The summed E-state index contributed by atoms with van der Waals surface area (Å²) in [7, 11) is 0. The van der Waals surface area contributed by atoms with Gasteiger partial charge in [0, 0.05) is 11.6 Å². The van der Waals surface area contributed by atoms with Gasteiger partial charge in [-0.1, -0.05) is 18.2 Å². The highest BCUT2D eigenvalue weighted by atomic mass is 19.1. The summed E-state index contributed by atoms with van der Waals surface area (Å²) < 4.78 is 31.7. The van der Waals surface area contributed by atoms with E-state index in [1.165, 1.54) is 18.2 Å². The van der Waals surface area contributed by atoms with Crippen LogP contribution in [0.15, 0.2) is 42.5 Å². The average molecular weight is 295 g/mol. The van der Waals surface area contributed by atoms with Crippen LogP contribution in [-0.2, 0) is 0 Å². The van der Waals surface area contributed by atoms with Crippen LogP contribution in [0.4, 0.5) is 14.5 Å². The minimum atomic E-state index is -1.27. The molecule has 0 bridgehead atoms. The average Bonchev–Trinajstić information content (AvgIpc) is 2.44. The SMILES string of the molecule is O=[N+]([O-])c1cc(F)cc(OCC(O)c2ccccc2F)c1. The van der Waals surface area contributed by atoms with Crippen LogP contribution in [-0.4, -0.2) is 16.6 Å². The van der Waals surface area contributed by atoms with Gasteiger partial charge in [-0.25, -0.2) is 8.78 Å². The highest BCUT2D eigenvalue weighted by molar-refractivity contribution is 5.39. The van der Waals surface area contributed by atoms with E-state index in [-0.39, 0.29) is 17.9 Å². The number of rotatable bonds is 5. The molecule has 2 aromatic rings. The number of non-ortho nitro benzene ring substituents is 1. The van der Waals surface area contributed by atoms with Gasteiger partial charge in [0.25, 0.3) is 5.69 Å². The van der Waals surface area contributed by atoms with E-state index in [4.69, 9.17) is 4.74 Å². The molecule has 21 heavy (non-hydrogen) atoms. The lowest BCUT2D eigenvalue weighted by molar-refractivity contribution is -0.385. The molecule has 0 aliphatic heterocycles. The smallest absolute Gasteiger partial charge is 0.276 e. The summed E-state index contributed by atoms with van der Waals surface area (Å²) in [5.74, 6) is -1.55. The molecule has 7 heteroatoms. The highest BCUT2D eigenvalue weighted by Crippen LogP contribution is 2.24. The molecule has 110 valence electrons. The monoisotopic (exact) mass is 295 g/mol. The number of nitrogens with zero attached hydrogens (tertiary/aromatic N) is 1. The maximum atomic E-state index is 13.4. The summed E-state index contributed by atoms with van der Waals surface area (Å²) in [6, 6.07) is 8.32. The second-order valence-corrected chi connectivity index (χ2v) is 4.25. The molecule has 0 aromatic heterocycles. The molecule has 0 aliphatic rings. The number of nitro benzene ring substituents is 1. The summed E-state index contributed by atoms with van der Waals surface area (Å²) in [5, 5.41) is 20.4. The van der Waals surface area contributed by atoms with Crippen LogP contribution in [0.25, 0.3) is 0 Å². The predicted octanol–water partition coefficient (Wildman–Crippen LogP) is 2.99. The van der Waals surface area contributed by atoms with Gasteiger partial charge in [-0.05, 0) is 6.07 Å². The Morgan fingerprint density at radius 2 is 1.95 bits per heavy atom. The second-order valence-electron chi connectivity index (χ2n) is 4.25. The third-order valence-corrected chi connectivity index (χ3v) is 2.74. The van der Waals surface area contributed by atoms with Crippen molar-refractivity contribution in [3.05, 3.63) is 69.8 Å². The lowest BCUT2D eigenvalue weighted by atomic mass is 10.1. The van der Waals surface area contributed by atoms with Gasteiger partial charge < -0.3 is 9.84 Å². The largest absolute Gasteiger partial charge is 0.490 e. The third kappa shape index (κ3) is 3.73. The Labute approximate surface area is 118 Å². The van der Waals surface area contributed by atoms with Crippen molar-refractivity contribution in [1.82, 2.24) is 0 Å². The molecule has 2 rings (SSSR count). The van der Waals surface area contributed by atoms with E-state index in [1.54, 1.807) is 6.07 Å². The molecule has 1 atom stereocenters. The number of hydrogen-bond acceptors (Lipinski definition) is 4. The first-order valence-corrected chi connectivity index (χ1v) is 5.97. The maximum absolute atomic E-state index is 13.4. The lowest BCUT2D eigenvalue weighted by Gasteiger charge is -2.13. The molecule has 0 aliphatic carbocycles. The minimum absolute atomic E-state index is 0.0309. The molecule has 0 heterocycles. The number of aliphatic hydroxyl groups is 1. The van der Waals surface area contributed by atoms with Crippen molar-refractivity contribution >= 4 is 5.69 Å². The molecular formula is C14H11F2NO4. The molecule has 0 amide bonds. The van der Waals surface area contributed by atoms with E-state index < -0.39 is 28.3 Å². The Bertz CT molecular complexity index is 663. The fourth-order valence-corrected chi connectivity index (χ4v) is 1.75. The Kier molecular flexibility index (Phi) is 4.44. The van der Waals surface area contributed by atoms with Crippen LogP contribution in [0.3, 0.4) is 0 Å². The van der Waals surface area contributed by atoms with Crippen molar-refractivity contribution < 1.29 is 23.5 Å². The zero-order valence-corrected chi connectivity index (χ0v) is 10.7. The van der Waals surface area contributed by atoms with Crippen molar-refractivity contribution in [3.63, 3.8) is 0 Å². The van der Waals surface area contributed by atoms with Gasteiger partial charge in [0.05, 0.1) is 17.1 Å². The minimum Gasteiger partial charge on any atom is -0.490 e. The zero-order chi connectivity index (χ0) is 15.4. The van der Waals surface area contributed by atoms with Crippen LogP contribution in [0.1, 0.15) is 11.7 Å². The summed E-state index contributed by atoms with van der Waals surface area (Å²) in [6.45, 7) is -0.360. The van der Waals surface area contributed by atoms with Crippen LogP contribution in [0.2, 0.25) is 0 Å². The van der Waals surface area contributed by atoms with Gasteiger partial charge in [-0.3, -0.25) is 10.1 Å². The van der Waals surface area contributed by atoms with Crippen molar-refractivity contribution in [2.45, 2.75) is 6.10 Å². The fraction of sp³-hybridized carbons (Fsp3) is 0.143. The molecule has 0 saturated heterocycles. The molecule has 0 saturated carbocycles. The molecule has 5 nitrogen and oxygen atoms in total. The molecule has 0 spiro atoms. The van der Waals surface area contributed by atoms with E-state index >= 15 is 0 Å². The van der Waals surface area contributed by atoms with Crippen LogP contribution in [0.5, 0.6) is 5.75 Å². The number of benzene rings is 2. The summed E-state index contributed by atoms with van der Waals surface area (Å²) in [6.07, 6.45) is -1.27. The first-order valence-electron chi connectivity index (χ1n) is 5.97. The molecule has 1 unspecified atom stereocenters. The number of nitro groups is 1. The summed E-state index contributed by atoms with van der Waals surface area (Å²) >= 11 is 0. The van der Waals surface area contributed by atoms with E-state index in [9.17, 15) is 24.0 Å². The summed E-state index contributed by atoms with van der Waals surface area (Å²) in [4.78, 5) is 9.83. The number of ether oxygens (including phenoxy) is 1. The molecule has 2 aromatic carbocycles.